The summed E-state index contributed by atoms with van der Waals surface area (Å²) in [5.74, 6) is 1.35. The van der Waals surface area contributed by atoms with Gasteiger partial charge in [0, 0.05) is 32.4 Å². The van der Waals surface area contributed by atoms with E-state index in [-0.39, 0.29) is 17.9 Å². The maximum atomic E-state index is 13.0. The quantitative estimate of drug-likeness (QED) is 0.726. The van der Waals surface area contributed by atoms with Crippen LogP contribution in [0.3, 0.4) is 0 Å². The molecule has 1 aliphatic rings. The number of methoxy groups -OCH3 is 1. The Balaban J connectivity index is 1.54. The van der Waals surface area contributed by atoms with Gasteiger partial charge in [-0.1, -0.05) is 0 Å². The van der Waals surface area contributed by atoms with Crippen molar-refractivity contribution in [1.29, 1.82) is 0 Å². The first-order valence-corrected chi connectivity index (χ1v) is 9.92. The topological polar surface area (TPSA) is 91.0 Å². The number of nitrogens with zero attached hydrogens (tertiary/aromatic N) is 4. The van der Waals surface area contributed by atoms with Gasteiger partial charge in [-0.2, -0.15) is 5.10 Å². The van der Waals surface area contributed by atoms with Crippen molar-refractivity contribution in [2.75, 3.05) is 54.0 Å². The van der Waals surface area contributed by atoms with Gasteiger partial charge in [-0.25, -0.2) is 0 Å². The van der Waals surface area contributed by atoms with Crippen molar-refractivity contribution in [3.63, 3.8) is 0 Å². The molecule has 1 N–H and O–H groups in total. The van der Waals surface area contributed by atoms with E-state index in [1.54, 1.807) is 24.0 Å². The van der Waals surface area contributed by atoms with Gasteiger partial charge in [0.05, 0.1) is 25.4 Å². The molecule has 1 aromatic carbocycles. The average molecular weight is 415 g/mol. The molecule has 0 radical (unpaired) electrons. The van der Waals surface area contributed by atoms with Gasteiger partial charge in [0.25, 0.3) is 5.91 Å². The van der Waals surface area contributed by atoms with Crippen LogP contribution in [-0.2, 0) is 4.79 Å². The molecule has 2 amide bonds. The van der Waals surface area contributed by atoms with Crippen molar-refractivity contribution in [1.82, 2.24) is 24.9 Å². The van der Waals surface area contributed by atoms with E-state index >= 15 is 0 Å². The molecule has 3 rings (SSSR count). The number of carbonyl (C=O) groups excluding carboxylic acids is 2. The normalized spacial score (nSPS) is 16.9. The maximum absolute atomic E-state index is 13.0. The van der Waals surface area contributed by atoms with E-state index in [1.807, 2.05) is 43.1 Å². The van der Waals surface area contributed by atoms with E-state index in [9.17, 15) is 9.59 Å². The second kappa shape index (κ2) is 9.62. The summed E-state index contributed by atoms with van der Waals surface area (Å²) in [6.07, 6.45) is 1.54. The molecule has 1 aliphatic heterocycles. The first kappa shape index (κ1) is 21.6. The molecular formula is C21H29N5O4. The Morgan fingerprint density at radius 2 is 1.93 bits per heavy atom. The molecular weight excluding hydrogens is 386 g/mol. The fourth-order valence-corrected chi connectivity index (χ4v) is 3.40. The van der Waals surface area contributed by atoms with Crippen molar-refractivity contribution in [2.45, 2.75) is 13.0 Å². The number of likely N-dealkylation sites (N-methyl/N-ethyl adjacent to an activating group) is 2. The highest BCUT2D eigenvalue weighted by Gasteiger charge is 2.34. The van der Waals surface area contributed by atoms with Gasteiger partial charge in [0.2, 0.25) is 5.91 Å². The highest BCUT2D eigenvalue weighted by atomic mass is 16.5. The smallest absolute Gasteiger partial charge is 0.257 e. The number of aromatic nitrogens is 2. The number of benzene rings is 1. The molecule has 2 heterocycles. The van der Waals surface area contributed by atoms with Gasteiger partial charge in [0.15, 0.2) is 0 Å². The molecule has 9 nitrogen and oxygen atoms in total. The van der Waals surface area contributed by atoms with Gasteiger partial charge in [-0.05, 0) is 38.2 Å². The van der Waals surface area contributed by atoms with Crippen LogP contribution < -0.4 is 9.47 Å². The van der Waals surface area contributed by atoms with Crippen molar-refractivity contribution >= 4 is 11.8 Å². The molecule has 0 aliphatic carbocycles. The van der Waals surface area contributed by atoms with Crippen molar-refractivity contribution in [3.8, 4) is 11.5 Å². The molecule has 1 atom stereocenters. The maximum Gasteiger partial charge on any atom is 0.257 e. The predicted octanol–water partition coefficient (Wildman–Crippen LogP) is 1.02. The van der Waals surface area contributed by atoms with E-state index < -0.39 is 0 Å². The van der Waals surface area contributed by atoms with Gasteiger partial charge in [-0.15, -0.1) is 0 Å². The summed E-state index contributed by atoms with van der Waals surface area (Å²) < 4.78 is 10.9. The summed E-state index contributed by atoms with van der Waals surface area (Å²) in [6, 6.07) is 6.93. The van der Waals surface area contributed by atoms with Crippen molar-refractivity contribution in [3.05, 3.63) is 41.7 Å². The largest absolute Gasteiger partial charge is 0.497 e. The predicted molar refractivity (Wildman–Crippen MR) is 112 cm³/mol. The highest BCUT2D eigenvalue weighted by Crippen LogP contribution is 2.17. The van der Waals surface area contributed by atoms with Crippen LogP contribution in [0.5, 0.6) is 11.5 Å². The molecule has 30 heavy (non-hydrogen) atoms. The Kier molecular flexibility index (Phi) is 6.94. The Labute approximate surface area is 176 Å². The van der Waals surface area contributed by atoms with Gasteiger partial charge >= 0.3 is 0 Å². The lowest BCUT2D eigenvalue weighted by molar-refractivity contribution is -0.137. The number of carbonyl (C=O) groups is 2. The van der Waals surface area contributed by atoms with Crippen LogP contribution in [0.15, 0.2) is 30.5 Å². The van der Waals surface area contributed by atoms with Crippen LogP contribution in [-0.4, -0.2) is 96.7 Å². The SMILES string of the molecule is COc1ccc(OCCN(C)C(=O)[C@@H]2CN(C(=O)c3cn[nH]c3C)CCN2C)cc1. The number of ether oxygens (including phenoxy) is 2. The fourth-order valence-electron chi connectivity index (χ4n) is 3.40. The summed E-state index contributed by atoms with van der Waals surface area (Å²) >= 11 is 0. The zero-order valence-corrected chi connectivity index (χ0v) is 17.9. The average Bonchev–Trinajstić information content (AvgIpc) is 3.19. The Hall–Kier alpha value is -3.07. The Bertz CT molecular complexity index is 867. The van der Waals surface area contributed by atoms with E-state index in [0.29, 0.717) is 38.3 Å². The van der Waals surface area contributed by atoms with Crippen LogP contribution >= 0.6 is 0 Å². The van der Waals surface area contributed by atoms with Gasteiger partial charge < -0.3 is 19.3 Å². The van der Waals surface area contributed by atoms with Crippen molar-refractivity contribution < 1.29 is 19.1 Å². The number of aromatic amines is 1. The Morgan fingerprint density at radius 1 is 1.23 bits per heavy atom. The molecule has 0 spiro atoms. The first-order valence-electron chi connectivity index (χ1n) is 9.92. The minimum Gasteiger partial charge on any atom is -0.497 e. The zero-order valence-electron chi connectivity index (χ0n) is 17.9. The Morgan fingerprint density at radius 3 is 2.57 bits per heavy atom. The standard InChI is InChI=1S/C21H29N5O4/c1-15-18(13-22-23-15)20(27)26-10-9-24(2)19(14-26)21(28)25(3)11-12-30-17-7-5-16(29-4)6-8-17/h5-8,13,19H,9-12,14H2,1-4H3,(H,22,23)/t19-/m0/s1. The summed E-state index contributed by atoms with van der Waals surface area (Å²) in [5.41, 5.74) is 1.28. The molecule has 9 heteroatoms. The molecule has 1 aromatic heterocycles. The van der Waals surface area contributed by atoms with Crippen LogP contribution in [0.2, 0.25) is 0 Å². The molecule has 2 aromatic rings. The van der Waals surface area contributed by atoms with Crippen molar-refractivity contribution in [2.24, 2.45) is 0 Å². The minimum absolute atomic E-state index is 0.0303. The summed E-state index contributed by atoms with van der Waals surface area (Å²) in [7, 11) is 5.29. The number of H-pyrrole nitrogens is 1. The number of aryl methyl sites for hydroxylation is 1. The lowest BCUT2D eigenvalue weighted by Gasteiger charge is -2.39. The van der Waals surface area contributed by atoms with Crippen LogP contribution in [0.4, 0.5) is 0 Å². The molecule has 0 saturated carbocycles. The molecule has 162 valence electrons. The number of piperazine rings is 1. The van der Waals surface area contributed by atoms with Crippen LogP contribution in [0, 0.1) is 6.92 Å². The van der Waals surface area contributed by atoms with Crippen LogP contribution in [0.1, 0.15) is 16.1 Å². The third-order valence-corrected chi connectivity index (χ3v) is 5.41. The van der Waals surface area contributed by atoms with E-state index in [1.165, 1.54) is 6.20 Å². The number of nitrogens with one attached hydrogen (secondary N) is 1. The number of amides is 2. The summed E-state index contributed by atoms with van der Waals surface area (Å²) in [5, 5.41) is 6.71. The molecule has 1 fully saturated rings. The molecule has 0 unspecified atom stereocenters. The monoisotopic (exact) mass is 415 g/mol. The van der Waals surface area contributed by atoms with E-state index in [2.05, 4.69) is 10.2 Å². The minimum atomic E-state index is -0.388. The lowest BCUT2D eigenvalue weighted by atomic mass is 10.1. The third kappa shape index (κ3) is 4.91. The second-order valence-electron chi connectivity index (χ2n) is 7.44. The number of rotatable bonds is 7. The second-order valence-corrected chi connectivity index (χ2v) is 7.44. The molecule has 1 saturated heterocycles. The summed E-state index contributed by atoms with van der Waals surface area (Å²) in [4.78, 5) is 31.2. The van der Waals surface area contributed by atoms with E-state index in [4.69, 9.17) is 9.47 Å². The van der Waals surface area contributed by atoms with Gasteiger partial charge in [0.1, 0.15) is 24.1 Å². The number of hydrogen-bond donors (Lipinski definition) is 1. The fraction of sp³-hybridized carbons (Fsp3) is 0.476. The zero-order chi connectivity index (χ0) is 21.7. The number of hydrogen-bond acceptors (Lipinski definition) is 6. The third-order valence-electron chi connectivity index (χ3n) is 5.41. The van der Waals surface area contributed by atoms with E-state index in [0.717, 1.165) is 17.2 Å². The summed E-state index contributed by atoms with van der Waals surface area (Å²) in [6.45, 7) is 4.20. The van der Waals surface area contributed by atoms with Crippen LogP contribution in [0.25, 0.3) is 0 Å². The lowest BCUT2D eigenvalue weighted by Crippen LogP contribution is -2.59. The highest BCUT2D eigenvalue weighted by molar-refractivity contribution is 5.95. The van der Waals surface area contributed by atoms with Gasteiger partial charge in [-0.3, -0.25) is 19.6 Å². The molecule has 0 bridgehead atoms. The first-order chi connectivity index (χ1) is 14.4.